The third-order valence-corrected chi connectivity index (χ3v) is 3.56. The van der Waals surface area contributed by atoms with Crippen molar-refractivity contribution < 1.29 is 19.1 Å². The molecule has 2 aromatic rings. The lowest BCUT2D eigenvalue weighted by Gasteiger charge is -2.08. The maximum atomic E-state index is 11.8. The second-order valence-electron chi connectivity index (χ2n) is 5.99. The molecule has 26 heavy (non-hydrogen) atoms. The Kier molecular flexibility index (Phi) is 6.91. The van der Waals surface area contributed by atoms with Crippen LogP contribution in [0.15, 0.2) is 48.5 Å². The van der Waals surface area contributed by atoms with Crippen molar-refractivity contribution in [2.45, 2.75) is 26.7 Å². The molecule has 6 nitrogen and oxygen atoms in total. The average molecular weight is 354 g/mol. The predicted molar refractivity (Wildman–Crippen MR) is 99.8 cm³/mol. The first-order valence-corrected chi connectivity index (χ1v) is 8.31. The highest BCUT2D eigenvalue weighted by atomic mass is 16.5. The van der Waals surface area contributed by atoms with Crippen LogP contribution in [-0.4, -0.2) is 24.4 Å². The van der Waals surface area contributed by atoms with Gasteiger partial charge in [0.2, 0.25) is 5.91 Å². The molecule has 0 saturated heterocycles. The zero-order valence-electron chi connectivity index (χ0n) is 14.9. The Labute approximate surface area is 152 Å². The van der Waals surface area contributed by atoms with E-state index in [2.05, 4.69) is 10.6 Å². The Morgan fingerprint density at radius 1 is 0.808 bits per heavy atom. The first-order valence-electron chi connectivity index (χ1n) is 8.31. The standard InChI is InChI=1S/C20H22N2O4/c1-14-6-8-16(9-7-14)21-18(23)10-11-20(25)26-13-19(24)22-17-5-3-4-15(2)12-17/h3-9,12H,10-11,13H2,1-2H3,(H,21,23)(H,22,24). The molecule has 2 rings (SSSR count). The molecule has 0 bridgehead atoms. The highest BCUT2D eigenvalue weighted by molar-refractivity contribution is 5.94. The molecule has 2 amide bonds. The number of aryl methyl sites for hydroxylation is 2. The normalized spacial score (nSPS) is 10.1. The fourth-order valence-electron chi connectivity index (χ4n) is 2.21. The molecule has 6 heteroatoms. The van der Waals surface area contributed by atoms with Crippen LogP contribution in [0.3, 0.4) is 0 Å². The summed E-state index contributed by atoms with van der Waals surface area (Å²) >= 11 is 0. The number of nitrogens with one attached hydrogen (secondary N) is 2. The van der Waals surface area contributed by atoms with Crippen LogP contribution >= 0.6 is 0 Å². The van der Waals surface area contributed by atoms with Gasteiger partial charge in [-0.15, -0.1) is 0 Å². The van der Waals surface area contributed by atoms with Crippen molar-refractivity contribution in [3.05, 3.63) is 59.7 Å². The van der Waals surface area contributed by atoms with Crippen molar-refractivity contribution in [3.63, 3.8) is 0 Å². The Hall–Kier alpha value is -3.15. The summed E-state index contributed by atoms with van der Waals surface area (Å²) in [6.45, 7) is 3.49. The van der Waals surface area contributed by atoms with Gasteiger partial charge in [-0.3, -0.25) is 14.4 Å². The molecule has 2 N–H and O–H groups in total. The lowest BCUT2D eigenvalue weighted by Crippen LogP contribution is -2.21. The third-order valence-electron chi connectivity index (χ3n) is 3.56. The van der Waals surface area contributed by atoms with Gasteiger partial charge in [0, 0.05) is 17.8 Å². The molecule has 0 atom stereocenters. The molecule has 136 valence electrons. The number of amides is 2. The van der Waals surface area contributed by atoms with E-state index in [1.165, 1.54) is 0 Å². The summed E-state index contributed by atoms with van der Waals surface area (Å²) in [4.78, 5) is 35.3. The number of esters is 1. The van der Waals surface area contributed by atoms with Gasteiger partial charge in [0.25, 0.3) is 5.91 Å². The molecule has 0 spiro atoms. The van der Waals surface area contributed by atoms with E-state index in [9.17, 15) is 14.4 Å². The molecule has 0 saturated carbocycles. The van der Waals surface area contributed by atoms with Crippen molar-refractivity contribution in [1.29, 1.82) is 0 Å². The summed E-state index contributed by atoms with van der Waals surface area (Å²) in [5.74, 6) is -1.30. The monoisotopic (exact) mass is 354 g/mol. The molecule has 0 radical (unpaired) electrons. The van der Waals surface area contributed by atoms with Gasteiger partial charge in [-0.05, 0) is 43.7 Å². The predicted octanol–water partition coefficient (Wildman–Crippen LogP) is 3.20. The van der Waals surface area contributed by atoms with Crippen LogP contribution in [-0.2, 0) is 19.1 Å². The summed E-state index contributed by atoms with van der Waals surface area (Å²) in [5.41, 5.74) is 3.42. The van der Waals surface area contributed by atoms with E-state index in [1.54, 1.807) is 18.2 Å². The molecule has 0 aromatic heterocycles. The molecule has 2 aromatic carbocycles. The van der Waals surface area contributed by atoms with E-state index in [0.29, 0.717) is 11.4 Å². The molecular formula is C20H22N2O4. The molecule has 0 unspecified atom stereocenters. The maximum absolute atomic E-state index is 11.8. The Balaban J connectivity index is 1.67. The van der Waals surface area contributed by atoms with Gasteiger partial charge < -0.3 is 15.4 Å². The summed E-state index contributed by atoms with van der Waals surface area (Å²) in [7, 11) is 0. The van der Waals surface area contributed by atoms with Crippen LogP contribution in [0.2, 0.25) is 0 Å². The number of benzene rings is 2. The molecule has 0 aliphatic carbocycles. The molecular weight excluding hydrogens is 332 g/mol. The summed E-state index contributed by atoms with van der Waals surface area (Å²) in [6.07, 6.45) is -0.0956. The molecule has 0 aliphatic rings. The number of rotatable bonds is 7. The number of hydrogen-bond donors (Lipinski definition) is 2. The van der Waals surface area contributed by atoms with Gasteiger partial charge in [-0.2, -0.15) is 0 Å². The lowest BCUT2D eigenvalue weighted by atomic mass is 10.2. The quantitative estimate of drug-likeness (QED) is 0.748. The SMILES string of the molecule is Cc1ccc(NC(=O)CCC(=O)OCC(=O)Nc2cccc(C)c2)cc1. The topological polar surface area (TPSA) is 84.5 Å². The fourth-order valence-corrected chi connectivity index (χ4v) is 2.21. The minimum atomic E-state index is -0.594. The van der Waals surface area contributed by atoms with E-state index in [0.717, 1.165) is 11.1 Å². The van der Waals surface area contributed by atoms with Crippen molar-refractivity contribution in [2.24, 2.45) is 0 Å². The average Bonchev–Trinajstić information content (AvgIpc) is 2.60. The number of hydrogen-bond acceptors (Lipinski definition) is 4. The van der Waals surface area contributed by atoms with Gasteiger partial charge in [0.05, 0.1) is 6.42 Å². The van der Waals surface area contributed by atoms with E-state index in [-0.39, 0.29) is 25.4 Å². The van der Waals surface area contributed by atoms with E-state index >= 15 is 0 Å². The van der Waals surface area contributed by atoms with Crippen LogP contribution in [0.25, 0.3) is 0 Å². The van der Waals surface area contributed by atoms with Crippen molar-refractivity contribution >= 4 is 29.2 Å². The van der Waals surface area contributed by atoms with Gasteiger partial charge in [0.15, 0.2) is 6.61 Å². The zero-order chi connectivity index (χ0) is 18.9. The van der Waals surface area contributed by atoms with Crippen LogP contribution in [0.1, 0.15) is 24.0 Å². The smallest absolute Gasteiger partial charge is 0.306 e. The summed E-state index contributed by atoms with van der Waals surface area (Å²) in [6, 6.07) is 14.7. The Morgan fingerprint density at radius 3 is 2.19 bits per heavy atom. The first-order chi connectivity index (χ1) is 12.4. The maximum Gasteiger partial charge on any atom is 0.306 e. The fraction of sp³-hybridized carbons (Fsp3) is 0.250. The van der Waals surface area contributed by atoms with Gasteiger partial charge in [-0.1, -0.05) is 29.8 Å². The number of carbonyl (C=O) groups is 3. The molecule has 0 heterocycles. The van der Waals surface area contributed by atoms with Gasteiger partial charge in [0.1, 0.15) is 0 Å². The summed E-state index contributed by atoms with van der Waals surface area (Å²) in [5, 5.41) is 5.35. The van der Waals surface area contributed by atoms with Crippen LogP contribution in [0, 0.1) is 13.8 Å². The van der Waals surface area contributed by atoms with E-state index in [4.69, 9.17) is 4.74 Å². The minimum absolute atomic E-state index is 0.00773. The largest absolute Gasteiger partial charge is 0.456 e. The number of ether oxygens (including phenoxy) is 1. The first kappa shape index (κ1) is 19.2. The van der Waals surface area contributed by atoms with Crippen LogP contribution in [0.5, 0.6) is 0 Å². The van der Waals surface area contributed by atoms with Gasteiger partial charge in [-0.25, -0.2) is 0 Å². The minimum Gasteiger partial charge on any atom is -0.456 e. The van der Waals surface area contributed by atoms with E-state index < -0.39 is 11.9 Å². The van der Waals surface area contributed by atoms with Gasteiger partial charge >= 0.3 is 5.97 Å². The van der Waals surface area contributed by atoms with Crippen molar-refractivity contribution in [3.8, 4) is 0 Å². The van der Waals surface area contributed by atoms with Crippen LogP contribution < -0.4 is 10.6 Å². The second kappa shape index (κ2) is 9.36. The molecule has 0 fully saturated rings. The lowest BCUT2D eigenvalue weighted by molar-refractivity contribution is -0.147. The second-order valence-corrected chi connectivity index (χ2v) is 5.99. The van der Waals surface area contributed by atoms with Crippen molar-refractivity contribution in [1.82, 2.24) is 0 Å². The Bertz CT molecular complexity index is 785. The Morgan fingerprint density at radius 2 is 1.50 bits per heavy atom. The third kappa shape index (κ3) is 6.76. The number of anilines is 2. The van der Waals surface area contributed by atoms with Crippen LogP contribution in [0.4, 0.5) is 11.4 Å². The highest BCUT2D eigenvalue weighted by Crippen LogP contribution is 2.10. The van der Waals surface area contributed by atoms with Crippen molar-refractivity contribution in [2.75, 3.05) is 17.2 Å². The number of carbonyl (C=O) groups excluding carboxylic acids is 3. The molecule has 0 aliphatic heterocycles. The zero-order valence-corrected chi connectivity index (χ0v) is 14.9. The highest BCUT2D eigenvalue weighted by Gasteiger charge is 2.11. The van der Waals surface area contributed by atoms with E-state index in [1.807, 2.05) is 44.2 Å². The summed E-state index contributed by atoms with van der Waals surface area (Å²) < 4.78 is 4.89.